The third kappa shape index (κ3) is 5.81. The number of nitrogens with one attached hydrogen (secondary N) is 1. The fraction of sp³-hybridized carbons (Fsp3) is 0.933. The van der Waals surface area contributed by atoms with Gasteiger partial charge < -0.3 is 15.8 Å². The first-order valence-corrected chi connectivity index (χ1v) is 8.02. The minimum atomic E-state index is 0.469. The minimum absolute atomic E-state index is 0.469. The van der Waals surface area contributed by atoms with E-state index in [9.17, 15) is 0 Å². The topological polar surface area (TPSA) is 59.6 Å². The molecule has 19 heavy (non-hydrogen) atoms. The van der Waals surface area contributed by atoms with Gasteiger partial charge in [0.1, 0.15) is 0 Å². The zero-order valence-corrected chi connectivity index (χ0v) is 12.1. The highest BCUT2D eigenvalue weighted by molar-refractivity contribution is 5.78. The zero-order chi connectivity index (χ0) is 13.3. The van der Waals surface area contributed by atoms with Crippen LogP contribution in [0.15, 0.2) is 4.99 Å². The molecule has 1 aliphatic heterocycles. The van der Waals surface area contributed by atoms with E-state index in [0.717, 1.165) is 26.0 Å². The van der Waals surface area contributed by atoms with Crippen LogP contribution < -0.4 is 11.1 Å². The molecule has 4 heteroatoms. The summed E-state index contributed by atoms with van der Waals surface area (Å²) in [5, 5.41) is 3.35. The van der Waals surface area contributed by atoms with Gasteiger partial charge in [-0.2, -0.15) is 0 Å². The SMILES string of the molecule is NC(=NCCCC1CCCCO1)NC1CCCCC1. The Labute approximate surface area is 117 Å². The van der Waals surface area contributed by atoms with E-state index in [1.165, 1.54) is 51.4 Å². The van der Waals surface area contributed by atoms with E-state index in [0.29, 0.717) is 18.1 Å². The van der Waals surface area contributed by atoms with Crippen LogP contribution >= 0.6 is 0 Å². The van der Waals surface area contributed by atoms with Gasteiger partial charge in [-0.25, -0.2) is 0 Å². The number of guanidine groups is 1. The highest BCUT2D eigenvalue weighted by atomic mass is 16.5. The third-order valence-corrected chi connectivity index (χ3v) is 4.20. The highest BCUT2D eigenvalue weighted by Gasteiger charge is 2.14. The van der Waals surface area contributed by atoms with Gasteiger partial charge in [-0.1, -0.05) is 19.3 Å². The van der Waals surface area contributed by atoms with Crippen LogP contribution in [0.1, 0.15) is 64.2 Å². The van der Waals surface area contributed by atoms with Crippen molar-refractivity contribution in [3.05, 3.63) is 0 Å². The smallest absolute Gasteiger partial charge is 0.188 e. The van der Waals surface area contributed by atoms with Gasteiger partial charge in [-0.15, -0.1) is 0 Å². The molecule has 1 aliphatic carbocycles. The van der Waals surface area contributed by atoms with Gasteiger partial charge in [-0.05, 0) is 44.9 Å². The summed E-state index contributed by atoms with van der Waals surface area (Å²) in [7, 11) is 0. The van der Waals surface area contributed by atoms with Crippen molar-refractivity contribution in [2.75, 3.05) is 13.2 Å². The second kappa shape index (κ2) is 8.41. The molecule has 1 unspecified atom stereocenters. The standard InChI is InChI=1S/C15H29N3O/c16-15(18-13-7-2-1-3-8-13)17-11-6-10-14-9-4-5-12-19-14/h13-14H,1-12H2,(H3,16,17,18). The van der Waals surface area contributed by atoms with Crippen LogP contribution in [0.2, 0.25) is 0 Å². The normalized spacial score (nSPS) is 26.3. The molecule has 0 amide bonds. The summed E-state index contributed by atoms with van der Waals surface area (Å²) in [4.78, 5) is 4.43. The maximum Gasteiger partial charge on any atom is 0.188 e. The minimum Gasteiger partial charge on any atom is -0.378 e. The van der Waals surface area contributed by atoms with E-state index >= 15 is 0 Å². The van der Waals surface area contributed by atoms with Gasteiger partial charge in [0.2, 0.25) is 0 Å². The van der Waals surface area contributed by atoms with Crippen LogP contribution in [0, 0.1) is 0 Å². The van der Waals surface area contributed by atoms with E-state index in [-0.39, 0.29) is 0 Å². The van der Waals surface area contributed by atoms with Gasteiger partial charge in [0, 0.05) is 19.2 Å². The molecule has 2 fully saturated rings. The van der Waals surface area contributed by atoms with E-state index in [4.69, 9.17) is 10.5 Å². The van der Waals surface area contributed by atoms with Crippen molar-refractivity contribution in [3.63, 3.8) is 0 Å². The van der Waals surface area contributed by atoms with Gasteiger partial charge in [-0.3, -0.25) is 4.99 Å². The molecular weight excluding hydrogens is 238 g/mol. The number of nitrogens with two attached hydrogens (primary N) is 1. The first-order valence-electron chi connectivity index (χ1n) is 8.02. The Morgan fingerprint density at radius 1 is 1.11 bits per heavy atom. The van der Waals surface area contributed by atoms with Crippen molar-refractivity contribution in [1.82, 2.24) is 5.32 Å². The lowest BCUT2D eigenvalue weighted by molar-refractivity contribution is 0.0105. The molecular formula is C15H29N3O. The van der Waals surface area contributed by atoms with Crippen molar-refractivity contribution in [2.24, 2.45) is 10.7 Å². The monoisotopic (exact) mass is 267 g/mol. The van der Waals surface area contributed by atoms with E-state index in [1.807, 2.05) is 0 Å². The average Bonchev–Trinajstić information content (AvgIpc) is 2.46. The number of rotatable bonds is 5. The highest BCUT2D eigenvalue weighted by Crippen LogP contribution is 2.18. The lowest BCUT2D eigenvalue weighted by Crippen LogP contribution is -2.41. The molecule has 1 atom stereocenters. The van der Waals surface area contributed by atoms with Crippen LogP contribution in [-0.2, 0) is 4.74 Å². The molecule has 0 bridgehead atoms. The second-order valence-electron chi connectivity index (χ2n) is 5.88. The quantitative estimate of drug-likeness (QED) is 0.457. The average molecular weight is 267 g/mol. The summed E-state index contributed by atoms with van der Waals surface area (Å²) >= 11 is 0. The molecule has 3 N–H and O–H groups in total. The molecule has 1 saturated heterocycles. The zero-order valence-electron chi connectivity index (χ0n) is 12.1. The summed E-state index contributed by atoms with van der Waals surface area (Å²) in [6, 6.07) is 0.555. The lowest BCUT2D eigenvalue weighted by atomic mass is 9.96. The Morgan fingerprint density at radius 2 is 1.89 bits per heavy atom. The molecule has 0 aromatic carbocycles. The first kappa shape index (κ1) is 14.6. The molecule has 0 aromatic heterocycles. The van der Waals surface area contributed by atoms with Gasteiger partial charge in [0.15, 0.2) is 5.96 Å². The fourth-order valence-corrected chi connectivity index (χ4v) is 3.06. The largest absolute Gasteiger partial charge is 0.378 e. The van der Waals surface area contributed by atoms with Crippen LogP contribution in [0.3, 0.4) is 0 Å². The van der Waals surface area contributed by atoms with Crippen LogP contribution in [0.5, 0.6) is 0 Å². The van der Waals surface area contributed by atoms with Crippen LogP contribution in [-0.4, -0.2) is 31.3 Å². The summed E-state index contributed by atoms with van der Waals surface area (Å²) in [5.74, 6) is 0.636. The van der Waals surface area contributed by atoms with Crippen molar-refractivity contribution in [1.29, 1.82) is 0 Å². The van der Waals surface area contributed by atoms with E-state index in [1.54, 1.807) is 0 Å². The predicted octanol–water partition coefficient (Wildman–Crippen LogP) is 2.57. The number of ether oxygens (including phenoxy) is 1. The molecule has 0 radical (unpaired) electrons. The van der Waals surface area contributed by atoms with Crippen LogP contribution in [0.25, 0.3) is 0 Å². The summed E-state index contributed by atoms with van der Waals surface area (Å²) in [5.41, 5.74) is 5.93. The number of hydrogen-bond donors (Lipinski definition) is 2. The molecule has 2 aliphatic rings. The molecule has 110 valence electrons. The van der Waals surface area contributed by atoms with E-state index < -0.39 is 0 Å². The number of nitrogens with zero attached hydrogens (tertiary/aromatic N) is 1. The van der Waals surface area contributed by atoms with Crippen molar-refractivity contribution in [3.8, 4) is 0 Å². The Kier molecular flexibility index (Phi) is 6.48. The van der Waals surface area contributed by atoms with Gasteiger partial charge in [0.05, 0.1) is 6.10 Å². The molecule has 4 nitrogen and oxygen atoms in total. The van der Waals surface area contributed by atoms with Crippen molar-refractivity contribution >= 4 is 5.96 Å². The first-order chi connectivity index (χ1) is 9.34. The summed E-state index contributed by atoms with van der Waals surface area (Å²) in [6.45, 7) is 1.77. The summed E-state index contributed by atoms with van der Waals surface area (Å²) in [6.07, 6.45) is 12.9. The van der Waals surface area contributed by atoms with E-state index in [2.05, 4.69) is 10.3 Å². The number of aliphatic imine (C=N–C) groups is 1. The second-order valence-corrected chi connectivity index (χ2v) is 5.88. The Bertz CT molecular complexity index is 269. The Hall–Kier alpha value is -0.770. The third-order valence-electron chi connectivity index (χ3n) is 4.20. The van der Waals surface area contributed by atoms with Gasteiger partial charge >= 0.3 is 0 Å². The Balaban J connectivity index is 1.55. The summed E-state index contributed by atoms with van der Waals surface area (Å²) < 4.78 is 5.71. The molecule has 2 rings (SSSR count). The maximum absolute atomic E-state index is 5.93. The maximum atomic E-state index is 5.93. The van der Waals surface area contributed by atoms with Crippen LogP contribution in [0.4, 0.5) is 0 Å². The van der Waals surface area contributed by atoms with Crippen molar-refractivity contribution < 1.29 is 4.74 Å². The molecule has 1 heterocycles. The molecule has 0 spiro atoms. The predicted molar refractivity (Wildman–Crippen MR) is 79.3 cm³/mol. The van der Waals surface area contributed by atoms with Crippen molar-refractivity contribution in [2.45, 2.75) is 76.4 Å². The molecule has 1 saturated carbocycles. The number of hydrogen-bond acceptors (Lipinski definition) is 2. The molecule has 0 aromatic rings. The fourth-order valence-electron chi connectivity index (χ4n) is 3.06. The lowest BCUT2D eigenvalue weighted by Gasteiger charge is -2.23. The Morgan fingerprint density at radius 3 is 2.63 bits per heavy atom. The van der Waals surface area contributed by atoms with Gasteiger partial charge in [0.25, 0.3) is 0 Å².